The van der Waals surface area contributed by atoms with E-state index in [1.807, 2.05) is 30.5 Å². The summed E-state index contributed by atoms with van der Waals surface area (Å²) in [6.07, 6.45) is 2.96. The van der Waals surface area contributed by atoms with Gasteiger partial charge in [-0.1, -0.05) is 61.5 Å². The van der Waals surface area contributed by atoms with Gasteiger partial charge in [-0.2, -0.15) is 0 Å². The molecule has 1 aromatic heterocycles. The maximum Gasteiger partial charge on any atom is 0.119 e. The maximum atomic E-state index is 5.72. The van der Waals surface area contributed by atoms with Gasteiger partial charge in [-0.15, -0.1) is 0 Å². The van der Waals surface area contributed by atoms with E-state index in [2.05, 4.69) is 66.5 Å². The second-order valence-electron chi connectivity index (χ2n) is 6.37. The summed E-state index contributed by atoms with van der Waals surface area (Å²) in [5.41, 5.74) is 4.43. The Kier molecular flexibility index (Phi) is 4.65. The lowest BCUT2D eigenvalue weighted by Crippen LogP contribution is -1.94. The predicted octanol–water partition coefficient (Wildman–Crippen LogP) is 6.36. The monoisotopic (exact) mass is 339 g/mol. The molecule has 1 heterocycles. The first-order valence-corrected chi connectivity index (χ1v) is 9.02. The summed E-state index contributed by atoms with van der Waals surface area (Å²) >= 11 is 0. The first-order valence-electron chi connectivity index (χ1n) is 9.02. The normalized spacial score (nSPS) is 10.8. The molecule has 26 heavy (non-hydrogen) atoms. The van der Waals surface area contributed by atoms with E-state index in [-0.39, 0.29) is 0 Å². The average Bonchev–Trinajstić information content (AvgIpc) is 2.72. The first-order chi connectivity index (χ1) is 12.8. The Labute approximate surface area is 154 Å². The molecule has 128 valence electrons. The molecular weight excluding hydrogens is 318 g/mol. The van der Waals surface area contributed by atoms with E-state index in [9.17, 15) is 0 Å². The molecule has 0 fully saturated rings. The van der Waals surface area contributed by atoms with Gasteiger partial charge in [-0.05, 0) is 47.0 Å². The van der Waals surface area contributed by atoms with Crippen molar-refractivity contribution < 1.29 is 4.74 Å². The third-order valence-corrected chi connectivity index (χ3v) is 4.45. The average molecular weight is 339 g/mol. The first kappa shape index (κ1) is 16.3. The van der Waals surface area contributed by atoms with E-state index in [4.69, 9.17) is 4.74 Å². The van der Waals surface area contributed by atoms with Crippen LogP contribution in [0.1, 0.15) is 13.3 Å². The Morgan fingerprint density at radius 2 is 1.50 bits per heavy atom. The molecule has 0 aliphatic rings. The van der Waals surface area contributed by atoms with E-state index in [0.717, 1.165) is 35.6 Å². The zero-order valence-corrected chi connectivity index (χ0v) is 14.9. The topological polar surface area (TPSA) is 22.1 Å². The highest BCUT2D eigenvalue weighted by molar-refractivity contribution is 5.88. The van der Waals surface area contributed by atoms with Gasteiger partial charge in [0.1, 0.15) is 5.75 Å². The van der Waals surface area contributed by atoms with Crippen molar-refractivity contribution in [2.24, 2.45) is 0 Å². The van der Waals surface area contributed by atoms with Crippen molar-refractivity contribution in [2.45, 2.75) is 13.3 Å². The van der Waals surface area contributed by atoms with E-state index >= 15 is 0 Å². The third kappa shape index (κ3) is 3.45. The minimum Gasteiger partial charge on any atom is -0.494 e. The van der Waals surface area contributed by atoms with E-state index in [0.29, 0.717) is 0 Å². The minimum absolute atomic E-state index is 0.751. The van der Waals surface area contributed by atoms with Crippen molar-refractivity contribution in [3.05, 3.63) is 85.1 Å². The zero-order chi connectivity index (χ0) is 17.8. The van der Waals surface area contributed by atoms with Crippen LogP contribution in [0.25, 0.3) is 33.2 Å². The van der Waals surface area contributed by atoms with Crippen molar-refractivity contribution in [3.8, 4) is 28.1 Å². The highest BCUT2D eigenvalue weighted by Crippen LogP contribution is 2.27. The van der Waals surface area contributed by atoms with Crippen molar-refractivity contribution in [1.29, 1.82) is 0 Å². The number of nitrogens with zero attached hydrogens (tertiary/aromatic N) is 1. The van der Waals surface area contributed by atoms with Crippen molar-refractivity contribution >= 4 is 10.8 Å². The van der Waals surface area contributed by atoms with E-state index in [1.165, 1.54) is 16.3 Å². The van der Waals surface area contributed by atoms with Gasteiger partial charge in [0, 0.05) is 17.3 Å². The molecule has 0 aliphatic carbocycles. The molecule has 0 amide bonds. The molecule has 0 radical (unpaired) electrons. The van der Waals surface area contributed by atoms with Gasteiger partial charge in [-0.25, -0.2) is 0 Å². The molecule has 4 rings (SSSR count). The molecule has 0 aliphatic heterocycles. The van der Waals surface area contributed by atoms with Crippen LogP contribution in [0.15, 0.2) is 85.1 Å². The number of ether oxygens (including phenoxy) is 1. The SMILES string of the molecule is CCCOc1ccc2cc(-c3ccc(-c4ccccc4)cn3)ccc2c1. The lowest BCUT2D eigenvalue weighted by atomic mass is 10.0. The van der Waals surface area contributed by atoms with Crippen molar-refractivity contribution in [3.63, 3.8) is 0 Å². The molecule has 0 unspecified atom stereocenters. The standard InChI is InChI=1S/C24H21NO/c1-2-14-26-23-12-10-19-15-21(9-8-20(19)16-23)24-13-11-22(17-25-24)18-6-4-3-5-7-18/h3-13,15-17H,2,14H2,1H3. The molecule has 0 saturated heterocycles. The van der Waals surface area contributed by atoms with Crippen LogP contribution >= 0.6 is 0 Å². The van der Waals surface area contributed by atoms with Crippen LogP contribution in [0.4, 0.5) is 0 Å². The smallest absolute Gasteiger partial charge is 0.119 e. The highest BCUT2D eigenvalue weighted by Gasteiger charge is 2.04. The lowest BCUT2D eigenvalue weighted by molar-refractivity contribution is 0.318. The molecule has 0 atom stereocenters. The van der Waals surface area contributed by atoms with Crippen LogP contribution in [-0.4, -0.2) is 11.6 Å². The summed E-state index contributed by atoms with van der Waals surface area (Å²) < 4.78 is 5.72. The number of aromatic nitrogens is 1. The largest absolute Gasteiger partial charge is 0.494 e. The second-order valence-corrected chi connectivity index (χ2v) is 6.37. The Balaban J connectivity index is 1.62. The van der Waals surface area contributed by atoms with Gasteiger partial charge in [0.15, 0.2) is 0 Å². The fourth-order valence-corrected chi connectivity index (χ4v) is 3.06. The van der Waals surface area contributed by atoms with Crippen LogP contribution in [0, 0.1) is 0 Å². The second kappa shape index (κ2) is 7.40. The Morgan fingerprint density at radius 3 is 2.27 bits per heavy atom. The fraction of sp³-hybridized carbons (Fsp3) is 0.125. The Bertz CT molecular complexity index is 1010. The molecule has 0 bridgehead atoms. The zero-order valence-electron chi connectivity index (χ0n) is 14.9. The van der Waals surface area contributed by atoms with Gasteiger partial charge in [-0.3, -0.25) is 4.98 Å². The molecular formula is C24H21NO. The van der Waals surface area contributed by atoms with Crippen molar-refractivity contribution in [2.75, 3.05) is 6.61 Å². The maximum absolute atomic E-state index is 5.72. The summed E-state index contributed by atoms with van der Waals surface area (Å²) in [5, 5.41) is 2.38. The number of hydrogen-bond acceptors (Lipinski definition) is 2. The van der Waals surface area contributed by atoms with Gasteiger partial charge in [0.25, 0.3) is 0 Å². The van der Waals surface area contributed by atoms with E-state index < -0.39 is 0 Å². The molecule has 0 spiro atoms. The van der Waals surface area contributed by atoms with Crippen LogP contribution in [0.5, 0.6) is 5.75 Å². The predicted molar refractivity (Wildman–Crippen MR) is 108 cm³/mol. The molecule has 0 N–H and O–H groups in total. The number of pyridine rings is 1. The van der Waals surface area contributed by atoms with E-state index in [1.54, 1.807) is 0 Å². The Hall–Kier alpha value is -3.13. The number of benzene rings is 3. The summed E-state index contributed by atoms with van der Waals surface area (Å²) in [5.74, 6) is 0.928. The van der Waals surface area contributed by atoms with Crippen molar-refractivity contribution in [1.82, 2.24) is 4.98 Å². The van der Waals surface area contributed by atoms with Gasteiger partial charge in [0.05, 0.1) is 12.3 Å². The summed E-state index contributed by atoms with van der Waals surface area (Å²) in [6.45, 7) is 2.87. The summed E-state index contributed by atoms with van der Waals surface area (Å²) in [6, 6.07) is 27.2. The quantitative estimate of drug-likeness (QED) is 0.422. The van der Waals surface area contributed by atoms with Gasteiger partial charge >= 0.3 is 0 Å². The number of rotatable bonds is 5. The van der Waals surface area contributed by atoms with Gasteiger partial charge < -0.3 is 4.74 Å². The molecule has 2 nitrogen and oxygen atoms in total. The third-order valence-electron chi connectivity index (χ3n) is 4.45. The molecule has 3 aromatic carbocycles. The Morgan fingerprint density at radius 1 is 0.731 bits per heavy atom. The highest BCUT2D eigenvalue weighted by atomic mass is 16.5. The van der Waals surface area contributed by atoms with Crippen LogP contribution in [0.2, 0.25) is 0 Å². The number of fused-ring (bicyclic) bond motifs is 1. The van der Waals surface area contributed by atoms with Crippen LogP contribution in [0.3, 0.4) is 0 Å². The molecule has 2 heteroatoms. The summed E-state index contributed by atoms with van der Waals surface area (Å²) in [7, 11) is 0. The lowest BCUT2D eigenvalue weighted by Gasteiger charge is -2.08. The molecule has 0 saturated carbocycles. The molecule has 4 aromatic rings. The van der Waals surface area contributed by atoms with Crippen LogP contribution in [-0.2, 0) is 0 Å². The van der Waals surface area contributed by atoms with Gasteiger partial charge in [0.2, 0.25) is 0 Å². The summed E-state index contributed by atoms with van der Waals surface area (Å²) in [4.78, 5) is 4.67. The fourth-order valence-electron chi connectivity index (χ4n) is 3.06. The minimum atomic E-state index is 0.751. The number of hydrogen-bond donors (Lipinski definition) is 0. The van der Waals surface area contributed by atoms with Crippen LogP contribution < -0.4 is 4.74 Å².